The Hall–Kier alpha value is -2.58. The standard InChI is InChI=1S/C20H25N5O6S2/c26-18(23-24-19(27)17-13-32-20(22-17)25-6-9-30-10-7-25)14-3-1-5-16(11-14)33(28,29)21-12-15-4-2-8-31-15/h1,3,5,11,13,15,21H,2,4,6-10,12H2,(H,23,26)(H,24,27)/t15-/m1/s1. The number of carbonyl (C=O) groups is 2. The second kappa shape index (κ2) is 10.6. The molecule has 2 amide bonds. The number of rotatable bonds is 7. The highest BCUT2D eigenvalue weighted by molar-refractivity contribution is 7.89. The number of hydrazine groups is 1. The number of anilines is 1. The number of morpholine rings is 1. The lowest BCUT2D eigenvalue weighted by Gasteiger charge is -2.25. The van der Waals surface area contributed by atoms with Crippen molar-refractivity contribution in [3.05, 3.63) is 40.9 Å². The van der Waals surface area contributed by atoms with Gasteiger partial charge in [-0.2, -0.15) is 0 Å². The van der Waals surface area contributed by atoms with Gasteiger partial charge in [0.25, 0.3) is 11.8 Å². The number of sulfonamides is 1. The van der Waals surface area contributed by atoms with Crippen molar-refractivity contribution in [1.29, 1.82) is 0 Å². The topological polar surface area (TPSA) is 139 Å². The van der Waals surface area contributed by atoms with E-state index in [1.807, 2.05) is 4.90 Å². The number of hydrogen-bond acceptors (Lipinski definition) is 9. The van der Waals surface area contributed by atoms with Crippen molar-refractivity contribution in [1.82, 2.24) is 20.6 Å². The molecule has 1 aromatic carbocycles. The summed E-state index contributed by atoms with van der Waals surface area (Å²) in [7, 11) is -3.81. The summed E-state index contributed by atoms with van der Waals surface area (Å²) in [5.74, 6) is -1.22. The van der Waals surface area contributed by atoms with Gasteiger partial charge in [0, 0.05) is 37.2 Å². The van der Waals surface area contributed by atoms with Gasteiger partial charge in [-0.25, -0.2) is 18.1 Å². The van der Waals surface area contributed by atoms with Crippen molar-refractivity contribution in [2.75, 3.05) is 44.4 Å². The lowest BCUT2D eigenvalue weighted by Crippen LogP contribution is -2.42. The van der Waals surface area contributed by atoms with Crippen LogP contribution in [0, 0.1) is 0 Å². The molecule has 0 spiro atoms. The number of thiazole rings is 1. The maximum absolute atomic E-state index is 12.6. The molecule has 2 fully saturated rings. The van der Waals surface area contributed by atoms with Gasteiger partial charge in [0.05, 0.1) is 24.2 Å². The number of ether oxygens (including phenoxy) is 2. The van der Waals surface area contributed by atoms with Gasteiger partial charge in [-0.15, -0.1) is 11.3 Å². The van der Waals surface area contributed by atoms with Crippen LogP contribution < -0.4 is 20.5 Å². The van der Waals surface area contributed by atoms with E-state index in [1.165, 1.54) is 35.6 Å². The highest BCUT2D eigenvalue weighted by atomic mass is 32.2. The van der Waals surface area contributed by atoms with E-state index in [4.69, 9.17) is 9.47 Å². The lowest BCUT2D eigenvalue weighted by molar-refractivity contribution is 0.0844. The summed E-state index contributed by atoms with van der Waals surface area (Å²) in [5.41, 5.74) is 4.88. The van der Waals surface area contributed by atoms with Gasteiger partial charge in [-0.1, -0.05) is 6.07 Å². The van der Waals surface area contributed by atoms with E-state index in [9.17, 15) is 18.0 Å². The van der Waals surface area contributed by atoms with Gasteiger partial charge < -0.3 is 14.4 Å². The van der Waals surface area contributed by atoms with Crippen LogP contribution in [0.3, 0.4) is 0 Å². The number of carbonyl (C=O) groups excluding carboxylic acids is 2. The van der Waals surface area contributed by atoms with Crippen molar-refractivity contribution in [2.45, 2.75) is 23.8 Å². The normalized spacial score (nSPS) is 18.8. The Morgan fingerprint density at radius 2 is 1.94 bits per heavy atom. The Labute approximate surface area is 195 Å². The summed E-state index contributed by atoms with van der Waals surface area (Å²) in [6.45, 7) is 3.42. The first kappa shape index (κ1) is 23.6. The van der Waals surface area contributed by atoms with Gasteiger partial charge in [0.1, 0.15) is 5.69 Å². The van der Waals surface area contributed by atoms with Crippen molar-refractivity contribution < 1.29 is 27.5 Å². The van der Waals surface area contributed by atoms with Gasteiger partial charge in [-0.3, -0.25) is 20.4 Å². The maximum Gasteiger partial charge on any atom is 0.289 e. The predicted molar refractivity (Wildman–Crippen MR) is 121 cm³/mol. The molecule has 0 unspecified atom stereocenters. The molecule has 178 valence electrons. The number of nitrogens with zero attached hydrogens (tertiary/aromatic N) is 2. The molecular weight excluding hydrogens is 470 g/mol. The fourth-order valence-electron chi connectivity index (χ4n) is 3.41. The second-order valence-corrected chi connectivity index (χ2v) is 10.1. The first-order valence-corrected chi connectivity index (χ1v) is 12.9. The molecule has 33 heavy (non-hydrogen) atoms. The van der Waals surface area contributed by atoms with E-state index in [-0.39, 0.29) is 28.8 Å². The zero-order valence-electron chi connectivity index (χ0n) is 17.8. The molecule has 0 saturated carbocycles. The molecule has 4 rings (SSSR count). The van der Waals surface area contributed by atoms with Crippen LogP contribution >= 0.6 is 11.3 Å². The largest absolute Gasteiger partial charge is 0.378 e. The zero-order chi connectivity index (χ0) is 23.3. The van der Waals surface area contributed by atoms with E-state index in [2.05, 4.69) is 20.6 Å². The second-order valence-electron chi connectivity index (χ2n) is 7.54. The molecule has 0 aliphatic carbocycles. The van der Waals surface area contributed by atoms with Crippen LogP contribution in [-0.4, -0.2) is 70.8 Å². The Bertz CT molecular complexity index is 1090. The first-order valence-electron chi connectivity index (χ1n) is 10.5. The fraction of sp³-hybridized carbons (Fsp3) is 0.450. The minimum atomic E-state index is -3.81. The van der Waals surface area contributed by atoms with E-state index in [1.54, 1.807) is 5.38 Å². The number of aromatic nitrogens is 1. The first-order chi connectivity index (χ1) is 15.9. The number of hydrogen-bond donors (Lipinski definition) is 3. The van der Waals surface area contributed by atoms with E-state index in [0.717, 1.165) is 12.8 Å². The zero-order valence-corrected chi connectivity index (χ0v) is 19.4. The average molecular weight is 496 g/mol. The van der Waals surface area contributed by atoms with Crippen LogP contribution in [0.2, 0.25) is 0 Å². The van der Waals surface area contributed by atoms with Gasteiger partial charge >= 0.3 is 0 Å². The molecule has 2 aliphatic rings. The molecule has 1 aromatic heterocycles. The lowest BCUT2D eigenvalue weighted by atomic mass is 10.2. The third-order valence-electron chi connectivity index (χ3n) is 5.23. The van der Waals surface area contributed by atoms with E-state index >= 15 is 0 Å². The van der Waals surface area contributed by atoms with Crippen molar-refractivity contribution in [3.63, 3.8) is 0 Å². The molecule has 1 atom stereocenters. The summed E-state index contributed by atoms with van der Waals surface area (Å²) < 4.78 is 38.4. The van der Waals surface area contributed by atoms with Crippen molar-refractivity contribution >= 4 is 38.3 Å². The van der Waals surface area contributed by atoms with Crippen molar-refractivity contribution in [3.8, 4) is 0 Å². The van der Waals surface area contributed by atoms with E-state index in [0.29, 0.717) is 38.0 Å². The van der Waals surface area contributed by atoms with Crippen molar-refractivity contribution in [2.24, 2.45) is 0 Å². The van der Waals surface area contributed by atoms with Crippen LogP contribution in [0.5, 0.6) is 0 Å². The molecule has 3 N–H and O–H groups in total. The van der Waals surface area contributed by atoms with Crippen LogP contribution in [0.15, 0.2) is 34.5 Å². The molecule has 11 nitrogen and oxygen atoms in total. The third kappa shape index (κ3) is 6.06. The predicted octanol–water partition coefficient (Wildman–Crippen LogP) is 0.512. The van der Waals surface area contributed by atoms with Gasteiger partial charge in [0.15, 0.2) is 5.13 Å². The smallest absolute Gasteiger partial charge is 0.289 e. The Morgan fingerprint density at radius 3 is 2.70 bits per heavy atom. The summed E-state index contributed by atoms with van der Waals surface area (Å²) in [4.78, 5) is 31.1. The van der Waals surface area contributed by atoms with Crippen LogP contribution in [0.1, 0.15) is 33.7 Å². The SMILES string of the molecule is O=C(NNC(=O)c1csc(N2CCOCC2)n1)c1cccc(S(=O)(=O)NC[C@H]2CCCO2)c1. The summed E-state index contributed by atoms with van der Waals surface area (Å²) in [6, 6.07) is 5.57. The van der Waals surface area contributed by atoms with Crippen LogP contribution in [0.4, 0.5) is 5.13 Å². The molecule has 2 aliphatic heterocycles. The molecule has 3 heterocycles. The summed E-state index contributed by atoms with van der Waals surface area (Å²) >= 11 is 1.34. The monoisotopic (exact) mass is 495 g/mol. The maximum atomic E-state index is 12.6. The van der Waals surface area contributed by atoms with Crippen LogP contribution in [-0.2, 0) is 19.5 Å². The Morgan fingerprint density at radius 1 is 1.15 bits per heavy atom. The van der Waals surface area contributed by atoms with Crippen LogP contribution in [0.25, 0.3) is 0 Å². The fourth-order valence-corrected chi connectivity index (χ4v) is 5.39. The van der Waals surface area contributed by atoms with Gasteiger partial charge in [0.2, 0.25) is 10.0 Å². The van der Waals surface area contributed by atoms with E-state index < -0.39 is 21.8 Å². The molecule has 0 radical (unpaired) electrons. The average Bonchev–Trinajstić information content (AvgIpc) is 3.54. The molecule has 2 saturated heterocycles. The third-order valence-corrected chi connectivity index (χ3v) is 7.55. The molecule has 0 bridgehead atoms. The molecule has 2 aromatic rings. The Balaban J connectivity index is 1.33. The number of amides is 2. The molecular formula is C20H25N5O6S2. The minimum absolute atomic E-state index is 0.0471. The summed E-state index contributed by atoms with van der Waals surface area (Å²) in [6.07, 6.45) is 1.57. The quantitative estimate of drug-likeness (QED) is 0.473. The van der Waals surface area contributed by atoms with Gasteiger partial charge in [-0.05, 0) is 31.0 Å². The molecule has 13 heteroatoms. The highest BCUT2D eigenvalue weighted by Crippen LogP contribution is 2.21. The Kier molecular flexibility index (Phi) is 7.55. The highest BCUT2D eigenvalue weighted by Gasteiger charge is 2.22. The number of benzene rings is 1. The number of nitrogens with one attached hydrogen (secondary N) is 3. The summed E-state index contributed by atoms with van der Waals surface area (Å²) in [5, 5.41) is 2.32. The minimum Gasteiger partial charge on any atom is -0.378 e.